The van der Waals surface area contributed by atoms with Crippen molar-refractivity contribution in [1.82, 2.24) is 4.98 Å². The molecule has 0 unspecified atom stereocenters. The minimum atomic E-state index is -1.05. The molecule has 0 aliphatic rings. The van der Waals surface area contributed by atoms with E-state index in [-0.39, 0.29) is 17.2 Å². The number of rotatable bonds is 5. The fourth-order valence-electron chi connectivity index (χ4n) is 3.54. The van der Waals surface area contributed by atoms with Crippen molar-refractivity contribution in [2.75, 3.05) is 0 Å². The van der Waals surface area contributed by atoms with Crippen LogP contribution in [-0.2, 0) is 0 Å². The van der Waals surface area contributed by atoms with Gasteiger partial charge >= 0.3 is 5.97 Å². The molecule has 0 bridgehead atoms. The van der Waals surface area contributed by atoms with Gasteiger partial charge in [-0.25, -0.2) is 9.78 Å². The summed E-state index contributed by atoms with van der Waals surface area (Å²) >= 11 is 2.63. The topological polar surface area (TPSA) is 87.5 Å². The number of thiazole rings is 1. The van der Waals surface area contributed by atoms with Crippen LogP contribution in [0.5, 0.6) is 5.75 Å². The molecule has 5 aromatic rings. The summed E-state index contributed by atoms with van der Waals surface area (Å²) in [5.74, 6) is -0.977. The number of carbonyl (C=O) groups is 2. The number of thiophene rings is 1. The molecule has 0 atom stereocenters. The summed E-state index contributed by atoms with van der Waals surface area (Å²) in [5, 5.41) is 22.1. The van der Waals surface area contributed by atoms with Gasteiger partial charge in [-0.05, 0) is 23.8 Å². The van der Waals surface area contributed by atoms with Crippen LogP contribution in [0.1, 0.15) is 25.7 Å². The Morgan fingerprint density at radius 2 is 1.59 bits per heavy atom. The number of ketones is 1. The first kappa shape index (κ1) is 20.1. The number of aromatic nitrogens is 1. The van der Waals surface area contributed by atoms with Gasteiger partial charge in [-0.15, -0.1) is 22.7 Å². The second kappa shape index (κ2) is 8.03. The Bertz CT molecular complexity index is 1470. The number of hydrogen-bond acceptors (Lipinski definition) is 6. The number of nitrogens with zero attached hydrogens (tertiary/aromatic N) is 1. The van der Waals surface area contributed by atoms with E-state index in [1.54, 1.807) is 24.3 Å². The summed E-state index contributed by atoms with van der Waals surface area (Å²) < 4.78 is 0.828. The van der Waals surface area contributed by atoms with Gasteiger partial charge in [0, 0.05) is 32.2 Å². The third kappa shape index (κ3) is 3.57. The molecule has 156 valence electrons. The summed E-state index contributed by atoms with van der Waals surface area (Å²) in [5.41, 5.74) is 3.11. The lowest BCUT2D eigenvalue weighted by Gasteiger charge is -2.06. The average molecular weight is 458 g/mol. The number of carboxylic acids is 1. The zero-order chi connectivity index (χ0) is 22.2. The molecule has 5 rings (SSSR count). The van der Waals surface area contributed by atoms with E-state index in [0.717, 1.165) is 26.8 Å². The van der Waals surface area contributed by atoms with Crippen LogP contribution in [0.3, 0.4) is 0 Å². The third-order valence-corrected chi connectivity index (χ3v) is 7.10. The molecule has 0 aliphatic carbocycles. The van der Waals surface area contributed by atoms with E-state index in [0.29, 0.717) is 15.4 Å². The standard InChI is InChI=1S/C25H15NO4S2/c27-17-10-11-18-20(12-17)32-23(22(28)15-4-2-1-3-5-15)21(18)14-6-8-16(9-7-14)24-26-19(13-31-24)25(29)30/h1-13,27H,(H,29,30). The van der Waals surface area contributed by atoms with E-state index in [4.69, 9.17) is 5.11 Å². The second-order valence-electron chi connectivity index (χ2n) is 7.10. The fourth-order valence-corrected chi connectivity index (χ4v) is 5.56. The van der Waals surface area contributed by atoms with E-state index >= 15 is 0 Å². The lowest BCUT2D eigenvalue weighted by atomic mass is 9.97. The van der Waals surface area contributed by atoms with Crippen LogP contribution in [-0.4, -0.2) is 26.9 Å². The first-order valence-electron chi connectivity index (χ1n) is 9.66. The van der Waals surface area contributed by atoms with Crippen LogP contribution in [0.25, 0.3) is 31.8 Å². The number of aromatic hydroxyl groups is 1. The zero-order valence-corrected chi connectivity index (χ0v) is 18.1. The van der Waals surface area contributed by atoms with Crippen molar-refractivity contribution < 1.29 is 19.8 Å². The van der Waals surface area contributed by atoms with Crippen LogP contribution in [0.15, 0.2) is 78.2 Å². The van der Waals surface area contributed by atoms with Gasteiger partial charge in [-0.2, -0.15) is 0 Å². The van der Waals surface area contributed by atoms with Gasteiger partial charge in [0.1, 0.15) is 10.8 Å². The van der Waals surface area contributed by atoms with Gasteiger partial charge in [0.15, 0.2) is 5.69 Å². The quantitative estimate of drug-likeness (QED) is 0.301. The molecule has 0 aliphatic heterocycles. The van der Waals surface area contributed by atoms with Gasteiger partial charge in [-0.3, -0.25) is 4.79 Å². The molecule has 0 spiro atoms. The highest BCUT2D eigenvalue weighted by Crippen LogP contribution is 2.41. The molecule has 2 N–H and O–H groups in total. The normalized spacial score (nSPS) is 11.0. The molecule has 2 aromatic heterocycles. The van der Waals surface area contributed by atoms with Crippen LogP contribution >= 0.6 is 22.7 Å². The first-order valence-corrected chi connectivity index (χ1v) is 11.4. The Hall–Kier alpha value is -3.81. The van der Waals surface area contributed by atoms with Gasteiger partial charge in [0.05, 0.1) is 4.88 Å². The van der Waals surface area contributed by atoms with Crippen molar-refractivity contribution in [1.29, 1.82) is 0 Å². The Balaban J connectivity index is 1.62. The highest BCUT2D eigenvalue weighted by atomic mass is 32.1. The maximum Gasteiger partial charge on any atom is 0.355 e. The highest BCUT2D eigenvalue weighted by Gasteiger charge is 2.21. The van der Waals surface area contributed by atoms with Gasteiger partial charge in [0.25, 0.3) is 0 Å². The number of carboxylic acid groups (broad SMARTS) is 1. The van der Waals surface area contributed by atoms with Crippen molar-refractivity contribution in [3.63, 3.8) is 0 Å². The second-order valence-corrected chi connectivity index (χ2v) is 9.01. The van der Waals surface area contributed by atoms with E-state index in [1.807, 2.05) is 48.5 Å². The van der Waals surface area contributed by atoms with Crippen LogP contribution in [0, 0.1) is 0 Å². The third-order valence-electron chi connectivity index (χ3n) is 5.06. The molecule has 3 aromatic carbocycles. The summed E-state index contributed by atoms with van der Waals surface area (Å²) in [6.45, 7) is 0. The molecule has 0 amide bonds. The minimum absolute atomic E-state index is 0.0217. The Labute approximate surface area is 190 Å². The Morgan fingerprint density at radius 1 is 0.875 bits per heavy atom. The van der Waals surface area contributed by atoms with Gasteiger partial charge < -0.3 is 10.2 Å². The number of phenolic OH excluding ortho intramolecular Hbond substituents is 1. The van der Waals surface area contributed by atoms with E-state index < -0.39 is 5.97 Å². The highest BCUT2D eigenvalue weighted by molar-refractivity contribution is 7.21. The van der Waals surface area contributed by atoms with Crippen molar-refractivity contribution in [3.8, 4) is 27.4 Å². The number of hydrogen-bond donors (Lipinski definition) is 2. The van der Waals surface area contributed by atoms with Crippen LogP contribution in [0.2, 0.25) is 0 Å². The Kier molecular flexibility index (Phi) is 5.05. The molecule has 32 heavy (non-hydrogen) atoms. The smallest absolute Gasteiger partial charge is 0.355 e. The maximum absolute atomic E-state index is 13.3. The summed E-state index contributed by atoms with van der Waals surface area (Å²) in [4.78, 5) is 29.2. The van der Waals surface area contributed by atoms with E-state index in [1.165, 1.54) is 28.1 Å². The largest absolute Gasteiger partial charge is 0.508 e. The molecule has 0 radical (unpaired) electrons. The van der Waals surface area contributed by atoms with Crippen LogP contribution < -0.4 is 0 Å². The SMILES string of the molecule is O=C(O)c1csc(-c2ccc(-c3c(C(=O)c4ccccc4)sc4cc(O)ccc34)cc2)n1. The van der Waals surface area contributed by atoms with E-state index in [9.17, 15) is 14.7 Å². The molecular formula is C25H15NO4S2. The molecule has 2 heterocycles. The molecule has 0 saturated carbocycles. The molecule has 0 fully saturated rings. The van der Waals surface area contributed by atoms with Crippen molar-refractivity contribution in [2.45, 2.75) is 0 Å². The lowest BCUT2D eigenvalue weighted by Crippen LogP contribution is -2.00. The predicted octanol–water partition coefficient (Wildman–Crippen LogP) is 6.33. The molecular weight excluding hydrogens is 442 g/mol. The summed E-state index contributed by atoms with van der Waals surface area (Å²) in [7, 11) is 0. The fraction of sp³-hybridized carbons (Fsp3) is 0. The number of carbonyl (C=O) groups excluding carboxylic acids is 1. The molecule has 5 nitrogen and oxygen atoms in total. The number of phenols is 1. The monoisotopic (exact) mass is 457 g/mol. The minimum Gasteiger partial charge on any atom is -0.508 e. The Morgan fingerprint density at radius 3 is 2.28 bits per heavy atom. The van der Waals surface area contributed by atoms with Crippen LogP contribution in [0.4, 0.5) is 0 Å². The number of benzene rings is 3. The predicted molar refractivity (Wildman–Crippen MR) is 127 cm³/mol. The van der Waals surface area contributed by atoms with Gasteiger partial charge in [0.2, 0.25) is 5.78 Å². The zero-order valence-electron chi connectivity index (χ0n) is 16.5. The summed E-state index contributed by atoms with van der Waals surface area (Å²) in [6, 6.07) is 21.8. The van der Waals surface area contributed by atoms with Crippen molar-refractivity contribution >= 4 is 44.5 Å². The number of fused-ring (bicyclic) bond motifs is 1. The maximum atomic E-state index is 13.3. The average Bonchev–Trinajstić information content (AvgIpc) is 3.44. The molecule has 7 heteroatoms. The van der Waals surface area contributed by atoms with Crippen molar-refractivity contribution in [3.05, 3.63) is 94.3 Å². The van der Waals surface area contributed by atoms with E-state index in [2.05, 4.69) is 4.98 Å². The molecule has 0 saturated heterocycles. The first-order chi connectivity index (χ1) is 15.5. The van der Waals surface area contributed by atoms with Crippen molar-refractivity contribution in [2.24, 2.45) is 0 Å². The lowest BCUT2D eigenvalue weighted by molar-refractivity contribution is 0.0691. The number of aromatic carboxylic acids is 1. The van der Waals surface area contributed by atoms with Gasteiger partial charge in [-0.1, -0.05) is 54.6 Å². The summed E-state index contributed by atoms with van der Waals surface area (Å²) in [6.07, 6.45) is 0.